The van der Waals surface area contributed by atoms with E-state index < -0.39 is 11.6 Å². The SMILES string of the molecule is CN=C(NCCCOCCOC)NCC(C)c1ccc(F)cc1F. The molecule has 0 fully saturated rings. The second-order valence-corrected chi connectivity index (χ2v) is 5.41. The number of benzene rings is 1. The Bertz CT molecular complexity index is 513. The largest absolute Gasteiger partial charge is 0.382 e. The number of nitrogens with one attached hydrogen (secondary N) is 2. The molecule has 0 bridgehead atoms. The third-order valence-electron chi connectivity index (χ3n) is 3.48. The molecule has 0 aliphatic rings. The van der Waals surface area contributed by atoms with Crippen LogP contribution in [0.3, 0.4) is 0 Å². The van der Waals surface area contributed by atoms with Gasteiger partial charge in [0.1, 0.15) is 11.6 Å². The standard InChI is InChI=1S/C17H27F2N3O2/c1-13(15-6-5-14(18)11-16(15)19)12-22-17(20-2)21-7-4-8-24-10-9-23-3/h5-6,11,13H,4,7-10,12H2,1-3H3,(H2,20,21,22). The lowest BCUT2D eigenvalue weighted by atomic mass is 10.0. The molecule has 1 unspecified atom stereocenters. The fourth-order valence-corrected chi connectivity index (χ4v) is 2.11. The van der Waals surface area contributed by atoms with Crippen molar-refractivity contribution in [1.29, 1.82) is 0 Å². The van der Waals surface area contributed by atoms with Crippen LogP contribution >= 0.6 is 0 Å². The Morgan fingerprint density at radius 3 is 2.67 bits per heavy atom. The minimum absolute atomic E-state index is 0.110. The maximum absolute atomic E-state index is 13.7. The van der Waals surface area contributed by atoms with Gasteiger partial charge in [-0.3, -0.25) is 4.99 Å². The lowest BCUT2D eigenvalue weighted by molar-refractivity contribution is 0.0698. The summed E-state index contributed by atoms with van der Waals surface area (Å²) in [4.78, 5) is 4.12. The first-order chi connectivity index (χ1) is 11.6. The Balaban J connectivity index is 2.28. The zero-order valence-electron chi connectivity index (χ0n) is 14.6. The van der Waals surface area contributed by atoms with E-state index in [1.165, 1.54) is 12.1 Å². The minimum Gasteiger partial charge on any atom is -0.382 e. The van der Waals surface area contributed by atoms with Gasteiger partial charge in [-0.25, -0.2) is 8.78 Å². The van der Waals surface area contributed by atoms with E-state index in [4.69, 9.17) is 9.47 Å². The third-order valence-corrected chi connectivity index (χ3v) is 3.48. The summed E-state index contributed by atoms with van der Waals surface area (Å²) in [6.07, 6.45) is 0.840. The van der Waals surface area contributed by atoms with Gasteiger partial charge in [-0.1, -0.05) is 13.0 Å². The Morgan fingerprint density at radius 1 is 1.21 bits per heavy atom. The molecule has 1 rings (SSSR count). The summed E-state index contributed by atoms with van der Waals surface area (Å²) in [7, 11) is 3.31. The van der Waals surface area contributed by atoms with Crippen LogP contribution in [0.25, 0.3) is 0 Å². The lowest BCUT2D eigenvalue weighted by Gasteiger charge is -2.17. The number of guanidine groups is 1. The predicted molar refractivity (Wildman–Crippen MR) is 91.4 cm³/mol. The van der Waals surface area contributed by atoms with E-state index in [0.717, 1.165) is 12.5 Å². The van der Waals surface area contributed by atoms with Crippen molar-refractivity contribution in [2.45, 2.75) is 19.3 Å². The molecule has 1 aromatic rings. The van der Waals surface area contributed by atoms with Gasteiger partial charge < -0.3 is 20.1 Å². The molecule has 0 radical (unpaired) electrons. The second kappa shape index (κ2) is 11.8. The lowest BCUT2D eigenvalue weighted by Crippen LogP contribution is -2.39. The molecule has 0 saturated carbocycles. The van der Waals surface area contributed by atoms with Gasteiger partial charge in [-0.2, -0.15) is 0 Å². The molecule has 24 heavy (non-hydrogen) atoms. The Kier molecular flexibility index (Phi) is 9.95. The number of ether oxygens (including phenoxy) is 2. The quantitative estimate of drug-likeness (QED) is 0.389. The van der Waals surface area contributed by atoms with E-state index >= 15 is 0 Å². The van der Waals surface area contributed by atoms with Crippen LogP contribution in [0, 0.1) is 11.6 Å². The number of nitrogens with zero attached hydrogens (tertiary/aromatic N) is 1. The van der Waals surface area contributed by atoms with Gasteiger partial charge in [0.05, 0.1) is 13.2 Å². The summed E-state index contributed by atoms with van der Waals surface area (Å²) >= 11 is 0. The van der Waals surface area contributed by atoms with Gasteiger partial charge in [-0.15, -0.1) is 0 Å². The van der Waals surface area contributed by atoms with Crippen molar-refractivity contribution in [2.24, 2.45) is 4.99 Å². The highest BCUT2D eigenvalue weighted by Gasteiger charge is 2.12. The molecule has 7 heteroatoms. The molecule has 1 aromatic carbocycles. The number of aliphatic imine (C=N–C) groups is 1. The van der Waals surface area contributed by atoms with Gasteiger partial charge in [-0.05, 0) is 18.1 Å². The molecule has 0 aliphatic carbocycles. The Morgan fingerprint density at radius 2 is 2.00 bits per heavy atom. The van der Waals surface area contributed by atoms with Crippen molar-refractivity contribution in [3.8, 4) is 0 Å². The van der Waals surface area contributed by atoms with E-state index in [1.54, 1.807) is 14.2 Å². The van der Waals surface area contributed by atoms with Crippen molar-refractivity contribution in [1.82, 2.24) is 10.6 Å². The topological polar surface area (TPSA) is 54.9 Å². The van der Waals surface area contributed by atoms with E-state index in [-0.39, 0.29) is 5.92 Å². The maximum atomic E-state index is 13.7. The van der Waals surface area contributed by atoms with Crippen LogP contribution in [0.1, 0.15) is 24.8 Å². The summed E-state index contributed by atoms with van der Waals surface area (Å²) in [5.74, 6) is -0.565. The van der Waals surface area contributed by atoms with Crippen LogP contribution in [0.15, 0.2) is 23.2 Å². The number of halogens is 2. The number of methoxy groups -OCH3 is 1. The number of hydrogen-bond acceptors (Lipinski definition) is 3. The molecule has 0 aromatic heterocycles. The summed E-state index contributed by atoms with van der Waals surface area (Å²) in [6, 6.07) is 3.65. The summed E-state index contributed by atoms with van der Waals surface area (Å²) in [5, 5.41) is 6.30. The smallest absolute Gasteiger partial charge is 0.190 e. The van der Waals surface area contributed by atoms with E-state index in [2.05, 4.69) is 15.6 Å². The fourth-order valence-electron chi connectivity index (χ4n) is 2.11. The molecular formula is C17H27F2N3O2. The van der Waals surface area contributed by atoms with Crippen LogP contribution < -0.4 is 10.6 Å². The molecule has 5 nitrogen and oxygen atoms in total. The van der Waals surface area contributed by atoms with Crippen molar-refractivity contribution < 1.29 is 18.3 Å². The molecule has 136 valence electrons. The minimum atomic E-state index is -0.568. The van der Waals surface area contributed by atoms with Crippen LogP contribution in [0.2, 0.25) is 0 Å². The molecule has 1 atom stereocenters. The average molecular weight is 343 g/mol. The average Bonchev–Trinajstić information content (AvgIpc) is 2.56. The van der Waals surface area contributed by atoms with Crippen LogP contribution in [-0.4, -0.2) is 53.0 Å². The van der Waals surface area contributed by atoms with Crippen molar-refractivity contribution in [3.63, 3.8) is 0 Å². The van der Waals surface area contributed by atoms with Gasteiger partial charge >= 0.3 is 0 Å². The molecule has 0 amide bonds. The van der Waals surface area contributed by atoms with Crippen LogP contribution in [-0.2, 0) is 9.47 Å². The van der Waals surface area contributed by atoms with Crippen LogP contribution in [0.4, 0.5) is 8.78 Å². The first-order valence-electron chi connectivity index (χ1n) is 8.04. The highest BCUT2D eigenvalue weighted by molar-refractivity contribution is 5.79. The number of rotatable bonds is 10. The highest BCUT2D eigenvalue weighted by Crippen LogP contribution is 2.18. The van der Waals surface area contributed by atoms with Crippen molar-refractivity contribution >= 4 is 5.96 Å². The zero-order chi connectivity index (χ0) is 17.8. The zero-order valence-corrected chi connectivity index (χ0v) is 14.6. The summed E-state index contributed by atoms with van der Waals surface area (Å²) in [5.41, 5.74) is 0.478. The molecule has 2 N–H and O–H groups in total. The fraction of sp³-hybridized carbons (Fsp3) is 0.588. The molecule has 0 spiro atoms. The molecule has 0 saturated heterocycles. The van der Waals surface area contributed by atoms with Gasteiger partial charge in [0.15, 0.2) is 5.96 Å². The Labute approximate surface area is 142 Å². The molecule has 0 heterocycles. The third kappa shape index (κ3) is 7.70. The van der Waals surface area contributed by atoms with Crippen molar-refractivity contribution in [2.75, 3.05) is 47.1 Å². The normalized spacial score (nSPS) is 13.0. The van der Waals surface area contributed by atoms with E-state index in [0.29, 0.717) is 44.4 Å². The number of hydrogen-bond donors (Lipinski definition) is 2. The van der Waals surface area contributed by atoms with E-state index in [9.17, 15) is 8.78 Å². The maximum Gasteiger partial charge on any atom is 0.190 e. The highest BCUT2D eigenvalue weighted by atomic mass is 19.1. The second-order valence-electron chi connectivity index (χ2n) is 5.41. The Hall–Kier alpha value is -1.73. The first-order valence-corrected chi connectivity index (χ1v) is 8.04. The van der Waals surface area contributed by atoms with Gasteiger partial charge in [0.2, 0.25) is 0 Å². The molecule has 0 aliphatic heterocycles. The first kappa shape index (κ1) is 20.3. The van der Waals surface area contributed by atoms with Gasteiger partial charge in [0.25, 0.3) is 0 Å². The van der Waals surface area contributed by atoms with Crippen LogP contribution in [0.5, 0.6) is 0 Å². The summed E-state index contributed by atoms with van der Waals surface area (Å²) in [6.45, 7) is 4.90. The molecular weight excluding hydrogens is 316 g/mol. The van der Waals surface area contributed by atoms with Crippen molar-refractivity contribution in [3.05, 3.63) is 35.4 Å². The van der Waals surface area contributed by atoms with Gasteiger partial charge in [0, 0.05) is 45.8 Å². The monoisotopic (exact) mass is 343 g/mol. The summed E-state index contributed by atoms with van der Waals surface area (Å²) < 4.78 is 37.0. The predicted octanol–water partition coefficient (Wildman–Crippen LogP) is 2.29. The van der Waals surface area contributed by atoms with E-state index in [1.807, 2.05) is 6.92 Å².